The second kappa shape index (κ2) is 16.4. The third-order valence-corrected chi connectivity index (χ3v) is 9.44. The van der Waals surface area contributed by atoms with Gasteiger partial charge in [-0.2, -0.15) is 0 Å². The molecular weight excluding hydrogens is 823 g/mol. The fraction of sp³-hybridized carbons (Fsp3) is 0.122. The summed E-state index contributed by atoms with van der Waals surface area (Å²) in [5, 5.41) is 2.33. The van der Waals surface area contributed by atoms with Crippen LogP contribution in [0.2, 0.25) is 0 Å². The average Bonchev–Trinajstić information content (AvgIpc) is 3.18. The van der Waals surface area contributed by atoms with Crippen LogP contribution in [0.1, 0.15) is 37.5 Å². The van der Waals surface area contributed by atoms with E-state index in [0.717, 1.165) is 33.5 Å². The zero-order chi connectivity index (χ0) is 36.1. The molecule has 8 aromatic rings. The van der Waals surface area contributed by atoms with Gasteiger partial charge in [0.05, 0.1) is 0 Å². The van der Waals surface area contributed by atoms with Crippen LogP contribution >= 0.6 is 0 Å². The second-order valence-corrected chi connectivity index (χ2v) is 14.1. The number of benzene rings is 5. The van der Waals surface area contributed by atoms with Gasteiger partial charge < -0.3 is 9.97 Å². The molecule has 0 aliphatic rings. The molecule has 3 heterocycles. The summed E-state index contributed by atoms with van der Waals surface area (Å²) in [6, 6.07) is 52.9. The number of hydrogen-bond donors (Lipinski definition) is 0. The molecule has 1 radical (unpaired) electrons. The van der Waals surface area contributed by atoms with E-state index in [2.05, 4.69) is 159 Å². The van der Waals surface area contributed by atoms with E-state index >= 15 is 0 Å². The number of hydrogen-bond acceptors (Lipinski definition) is 3. The van der Waals surface area contributed by atoms with Crippen molar-refractivity contribution in [2.24, 2.45) is 0 Å². The predicted octanol–water partition coefficient (Wildman–Crippen LogP) is 12.6. The van der Waals surface area contributed by atoms with E-state index < -0.39 is 0 Å². The van der Waals surface area contributed by atoms with Crippen molar-refractivity contribution in [3.8, 4) is 55.9 Å². The summed E-state index contributed by atoms with van der Waals surface area (Å²) in [6.45, 7) is 11.0. The Morgan fingerprint density at radius 1 is 0.509 bits per heavy atom. The molecule has 53 heavy (non-hydrogen) atoms. The molecule has 0 spiro atoms. The Balaban J connectivity index is 0.000000289. The Hall–Kier alpha value is -5.54. The van der Waals surface area contributed by atoms with Crippen molar-refractivity contribution in [3.05, 3.63) is 187 Å². The van der Waals surface area contributed by atoms with E-state index in [0.29, 0.717) is 0 Å². The van der Waals surface area contributed by atoms with Gasteiger partial charge in [0, 0.05) is 50.3 Å². The van der Waals surface area contributed by atoms with Gasteiger partial charge in [0.1, 0.15) is 0 Å². The Morgan fingerprint density at radius 2 is 1.23 bits per heavy atom. The number of rotatable bonds is 5. The summed E-state index contributed by atoms with van der Waals surface area (Å²) in [7, 11) is 0. The van der Waals surface area contributed by atoms with Gasteiger partial charge in [-0.25, -0.2) is 0 Å². The summed E-state index contributed by atoms with van der Waals surface area (Å²) in [6.07, 6.45) is 7.60. The maximum atomic E-state index is 4.68. The molecule has 0 aliphatic heterocycles. The zero-order valence-corrected chi connectivity index (χ0v) is 33.1. The third-order valence-electron chi connectivity index (χ3n) is 9.44. The van der Waals surface area contributed by atoms with Gasteiger partial charge in [-0.15, -0.1) is 71.3 Å². The van der Waals surface area contributed by atoms with Crippen molar-refractivity contribution >= 4 is 10.8 Å². The topological polar surface area (TPSA) is 38.7 Å². The SMILES string of the molecule is Cc1c(-c2ccccc2)cccc1-c1ccc(-c2cc[c-]c(-c3cc(C(C)(C)C)ccn3)c2)c2ccncc12.Cc1ccnc(-c2[c-]cccc2)c1.[Ir]. The first-order chi connectivity index (χ1) is 25.3. The number of pyridine rings is 3. The predicted molar refractivity (Wildman–Crippen MR) is 217 cm³/mol. The number of aromatic nitrogens is 3. The zero-order valence-electron chi connectivity index (χ0n) is 30.7. The van der Waals surface area contributed by atoms with Crippen molar-refractivity contribution in [1.29, 1.82) is 0 Å². The van der Waals surface area contributed by atoms with E-state index in [1.165, 1.54) is 49.9 Å². The normalized spacial score (nSPS) is 11.0. The maximum absolute atomic E-state index is 4.68. The second-order valence-electron chi connectivity index (χ2n) is 14.1. The Morgan fingerprint density at radius 3 is 1.98 bits per heavy atom. The van der Waals surface area contributed by atoms with Gasteiger partial charge in [0.15, 0.2) is 0 Å². The minimum Gasteiger partial charge on any atom is -0.305 e. The van der Waals surface area contributed by atoms with Crippen molar-refractivity contribution < 1.29 is 20.1 Å². The molecule has 263 valence electrons. The van der Waals surface area contributed by atoms with E-state index in [1.807, 2.05) is 61.2 Å². The smallest absolute Gasteiger partial charge is 0.0352 e. The van der Waals surface area contributed by atoms with Crippen molar-refractivity contribution in [1.82, 2.24) is 15.0 Å². The van der Waals surface area contributed by atoms with Crippen LogP contribution in [0.4, 0.5) is 0 Å². The van der Waals surface area contributed by atoms with Crippen molar-refractivity contribution in [2.45, 2.75) is 40.0 Å². The van der Waals surface area contributed by atoms with Crippen LogP contribution in [0.25, 0.3) is 66.7 Å². The quantitative estimate of drug-likeness (QED) is 0.162. The minimum atomic E-state index is 0. The molecule has 5 aromatic carbocycles. The monoisotopic (exact) mass is 864 g/mol. The molecule has 0 atom stereocenters. The Labute approximate surface area is 327 Å². The van der Waals surface area contributed by atoms with E-state index in [1.54, 1.807) is 0 Å². The minimum absolute atomic E-state index is 0. The summed E-state index contributed by atoms with van der Waals surface area (Å²) in [5.74, 6) is 0. The van der Waals surface area contributed by atoms with Gasteiger partial charge in [0.25, 0.3) is 0 Å². The van der Waals surface area contributed by atoms with E-state index in [-0.39, 0.29) is 25.5 Å². The van der Waals surface area contributed by atoms with Crippen LogP contribution in [0, 0.1) is 26.0 Å². The molecule has 3 aromatic heterocycles. The largest absolute Gasteiger partial charge is 0.305 e. The van der Waals surface area contributed by atoms with E-state index in [4.69, 9.17) is 0 Å². The van der Waals surface area contributed by atoms with E-state index in [9.17, 15) is 0 Å². The first-order valence-electron chi connectivity index (χ1n) is 17.7. The molecule has 0 fully saturated rings. The molecule has 0 aliphatic carbocycles. The molecule has 0 amide bonds. The molecule has 0 bridgehead atoms. The summed E-state index contributed by atoms with van der Waals surface area (Å²) < 4.78 is 0. The fourth-order valence-electron chi connectivity index (χ4n) is 6.60. The number of aryl methyl sites for hydroxylation is 1. The van der Waals surface area contributed by atoms with Crippen LogP contribution in [0.15, 0.2) is 158 Å². The van der Waals surface area contributed by atoms with Crippen LogP contribution < -0.4 is 0 Å². The van der Waals surface area contributed by atoms with Crippen molar-refractivity contribution in [2.75, 3.05) is 0 Å². The van der Waals surface area contributed by atoms with Crippen LogP contribution in [0.5, 0.6) is 0 Å². The van der Waals surface area contributed by atoms with Gasteiger partial charge in [0.2, 0.25) is 0 Å². The Bertz CT molecular complexity index is 2470. The van der Waals surface area contributed by atoms with Crippen LogP contribution in [-0.2, 0) is 25.5 Å². The average molecular weight is 864 g/mol. The van der Waals surface area contributed by atoms with Crippen molar-refractivity contribution in [3.63, 3.8) is 0 Å². The molecule has 0 saturated heterocycles. The molecule has 8 rings (SSSR count). The number of fused-ring (bicyclic) bond motifs is 1. The number of nitrogens with zero attached hydrogens (tertiary/aromatic N) is 3. The van der Waals surface area contributed by atoms with Crippen LogP contribution in [-0.4, -0.2) is 15.0 Å². The molecule has 0 N–H and O–H groups in total. The molecule has 4 heteroatoms. The van der Waals surface area contributed by atoms with Gasteiger partial charge in [-0.05, 0) is 93.2 Å². The van der Waals surface area contributed by atoms with Gasteiger partial charge in [-0.1, -0.05) is 99.1 Å². The molecular formula is C49H41IrN3-2. The third kappa shape index (κ3) is 8.42. The first-order valence-corrected chi connectivity index (χ1v) is 17.7. The Kier molecular flexibility index (Phi) is 11.5. The van der Waals surface area contributed by atoms with Gasteiger partial charge >= 0.3 is 0 Å². The summed E-state index contributed by atoms with van der Waals surface area (Å²) in [5.41, 5.74) is 15.0. The summed E-state index contributed by atoms with van der Waals surface area (Å²) in [4.78, 5) is 13.5. The molecule has 0 unspecified atom stereocenters. The van der Waals surface area contributed by atoms with Gasteiger partial charge in [-0.3, -0.25) is 4.98 Å². The molecule has 3 nitrogen and oxygen atoms in total. The standard InChI is InChI=1S/C37H31N2.C12H10N.Ir/c1-25-30(26-10-6-5-7-11-26)14-9-15-31(25)33-17-16-32(34-19-20-38-24-35(33)34)27-12-8-13-28(22-27)36-23-29(18-21-39-36)37(2,3)4;1-10-7-8-13-12(9-10)11-5-3-2-4-6-11;/h5-12,14-24H,1-4H3;2-5,7-9H,1H3;/q2*-1;. The fourth-order valence-corrected chi connectivity index (χ4v) is 6.60. The van der Waals surface area contributed by atoms with Crippen LogP contribution in [0.3, 0.4) is 0 Å². The maximum Gasteiger partial charge on any atom is 0.0352 e. The first kappa shape index (κ1) is 37.2. The summed E-state index contributed by atoms with van der Waals surface area (Å²) >= 11 is 0. The molecule has 0 saturated carbocycles.